The topological polar surface area (TPSA) is 38.0 Å². The van der Waals surface area contributed by atoms with E-state index < -0.39 is 5.54 Å². The van der Waals surface area contributed by atoms with Crippen LogP contribution in [0.4, 0.5) is 0 Å². The first-order valence-electron chi connectivity index (χ1n) is 4.31. The largest absolute Gasteiger partial charge is 0.383 e. The lowest BCUT2D eigenvalue weighted by Crippen LogP contribution is -2.44. The predicted octanol–water partition coefficient (Wildman–Crippen LogP) is 1.96. The first-order valence-corrected chi connectivity index (χ1v) is 4.31. The van der Waals surface area contributed by atoms with Crippen LogP contribution >= 0.6 is 0 Å². The molecule has 0 aliphatic heterocycles. The molecule has 1 atom stereocenters. The molecule has 0 saturated heterocycles. The Kier molecular flexibility index (Phi) is 3.95. The first kappa shape index (κ1) is 12.0. The molecule has 13 heavy (non-hydrogen) atoms. The van der Waals surface area contributed by atoms with Crippen molar-refractivity contribution in [1.29, 1.82) is 0 Å². The van der Waals surface area contributed by atoms with Crippen LogP contribution in [0.1, 0.15) is 20.8 Å². The minimum absolute atomic E-state index is 0.546. The van der Waals surface area contributed by atoms with Gasteiger partial charge in [-0.2, -0.15) is 0 Å². The molecule has 1 unspecified atom stereocenters. The van der Waals surface area contributed by atoms with Crippen LogP contribution in [-0.4, -0.2) is 12.1 Å². The lowest BCUT2D eigenvalue weighted by molar-refractivity contribution is 0.591. The second-order valence-corrected chi connectivity index (χ2v) is 3.77. The normalized spacial score (nSPS) is 14.5. The summed E-state index contributed by atoms with van der Waals surface area (Å²) in [6, 6.07) is 0. The molecule has 0 amide bonds. The quantitative estimate of drug-likeness (QED) is 0.635. The van der Waals surface area contributed by atoms with Crippen molar-refractivity contribution in [3.63, 3.8) is 0 Å². The van der Waals surface area contributed by atoms with Crippen molar-refractivity contribution < 1.29 is 0 Å². The molecule has 0 spiro atoms. The predicted molar refractivity (Wildman–Crippen MR) is 59.4 cm³/mol. The van der Waals surface area contributed by atoms with Crippen LogP contribution in [0.3, 0.4) is 0 Å². The van der Waals surface area contributed by atoms with Crippen LogP contribution in [0.5, 0.6) is 0 Å². The molecule has 0 aromatic rings. The maximum Gasteiger partial charge on any atom is 0.0733 e. The summed E-state index contributed by atoms with van der Waals surface area (Å²) in [5, 5.41) is 3.12. The van der Waals surface area contributed by atoms with Crippen molar-refractivity contribution >= 4 is 0 Å². The Hall–Kier alpha value is -1.02. The Bertz CT molecular complexity index is 236. The van der Waals surface area contributed by atoms with Crippen molar-refractivity contribution in [2.75, 3.05) is 6.54 Å². The van der Waals surface area contributed by atoms with Crippen molar-refractivity contribution in [3.05, 3.63) is 36.6 Å². The molecule has 0 heterocycles. The van der Waals surface area contributed by atoms with E-state index in [2.05, 4.69) is 25.1 Å². The third-order valence-electron chi connectivity index (χ3n) is 2.12. The molecule has 0 saturated carbocycles. The maximum atomic E-state index is 6.00. The lowest BCUT2D eigenvalue weighted by Gasteiger charge is -2.28. The molecule has 3 N–H and O–H groups in total. The van der Waals surface area contributed by atoms with Gasteiger partial charge in [-0.15, -0.1) is 0 Å². The standard InChI is InChI=1S/C11H20N2/c1-8(2)7-13-10(5)11(6,12)9(3)4/h13H,1,3,5,7,12H2,2,4,6H3. The van der Waals surface area contributed by atoms with E-state index in [1.807, 2.05) is 20.8 Å². The van der Waals surface area contributed by atoms with Crippen molar-refractivity contribution in [2.24, 2.45) is 5.73 Å². The molecule has 0 bridgehead atoms. The Morgan fingerprint density at radius 3 is 2.08 bits per heavy atom. The van der Waals surface area contributed by atoms with E-state index in [1.165, 1.54) is 0 Å². The summed E-state index contributed by atoms with van der Waals surface area (Å²) >= 11 is 0. The van der Waals surface area contributed by atoms with Crippen molar-refractivity contribution in [2.45, 2.75) is 26.3 Å². The number of hydrogen-bond acceptors (Lipinski definition) is 2. The van der Waals surface area contributed by atoms with Crippen LogP contribution in [-0.2, 0) is 0 Å². The maximum absolute atomic E-state index is 6.00. The smallest absolute Gasteiger partial charge is 0.0733 e. The molecule has 0 rings (SSSR count). The zero-order chi connectivity index (χ0) is 10.6. The molecule has 74 valence electrons. The van der Waals surface area contributed by atoms with Gasteiger partial charge in [-0.3, -0.25) is 0 Å². The number of nitrogens with one attached hydrogen (secondary N) is 1. The molecule has 2 heteroatoms. The van der Waals surface area contributed by atoms with Crippen LogP contribution < -0.4 is 11.1 Å². The highest BCUT2D eigenvalue weighted by Gasteiger charge is 2.22. The SMILES string of the molecule is C=C(C)CNC(=C)C(C)(N)C(=C)C. The molecule has 0 aromatic heterocycles. The summed E-state index contributed by atoms with van der Waals surface area (Å²) < 4.78 is 0. The monoisotopic (exact) mass is 180 g/mol. The van der Waals surface area contributed by atoms with E-state index in [-0.39, 0.29) is 0 Å². The van der Waals surface area contributed by atoms with Crippen molar-refractivity contribution in [3.8, 4) is 0 Å². The number of hydrogen-bond donors (Lipinski definition) is 2. The highest BCUT2D eigenvalue weighted by Crippen LogP contribution is 2.17. The molecular weight excluding hydrogens is 160 g/mol. The van der Waals surface area contributed by atoms with E-state index in [9.17, 15) is 0 Å². The zero-order valence-electron chi connectivity index (χ0n) is 8.91. The summed E-state index contributed by atoms with van der Waals surface area (Å²) in [5.41, 5.74) is 8.18. The fraction of sp³-hybridized carbons (Fsp3) is 0.455. The third-order valence-corrected chi connectivity index (χ3v) is 2.12. The fourth-order valence-electron chi connectivity index (χ4n) is 0.699. The molecule has 0 fully saturated rings. The zero-order valence-corrected chi connectivity index (χ0v) is 8.91. The van der Waals surface area contributed by atoms with Gasteiger partial charge >= 0.3 is 0 Å². The molecule has 0 aromatic carbocycles. The van der Waals surface area contributed by atoms with Gasteiger partial charge in [0.15, 0.2) is 0 Å². The van der Waals surface area contributed by atoms with E-state index in [4.69, 9.17) is 5.73 Å². The highest BCUT2D eigenvalue weighted by atomic mass is 14.9. The summed E-state index contributed by atoms with van der Waals surface area (Å²) in [7, 11) is 0. The summed E-state index contributed by atoms with van der Waals surface area (Å²) in [4.78, 5) is 0. The van der Waals surface area contributed by atoms with Gasteiger partial charge in [0.25, 0.3) is 0 Å². The summed E-state index contributed by atoms with van der Waals surface area (Å²) in [6.45, 7) is 17.9. The summed E-state index contributed by atoms with van der Waals surface area (Å²) in [5.74, 6) is 0. The van der Waals surface area contributed by atoms with Crippen LogP contribution in [0.15, 0.2) is 36.6 Å². The van der Waals surface area contributed by atoms with E-state index >= 15 is 0 Å². The summed E-state index contributed by atoms with van der Waals surface area (Å²) in [6.07, 6.45) is 0. The lowest BCUT2D eigenvalue weighted by atomic mass is 9.92. The van der Waals surface area contributed by atoms with Crippen LogP contribution in [0, 0.1) is 0 Å². The van der Waals surface area contributed by atoms with Gasteiger partial charge in [-0.05, 0) is 20.8 Å². The average molecular weight is 180 g/mol. The third kappa shape index (κ3) is 3.47. The molecular formula is C11H20N2. The van der Waals surface area contributed by atoms with E-state index in [0.717, 1.165) is 16.8 Å². The van der Waals surface area contributed by atoms with Gasteiger partial charge < -0.3 is 11.1 Å². The second kappa shape index (κ2) is 4.28. The van der Waals surface area contributed by atoms with Crippen LogP contribution in [0.2, 0.25) is 0 Å². The highest BCUT2D eigenvalue weighted by molar-refractivity contribution is 5.27. The Labute approximate surface area is 81.2 Å². The molecule has 0 aliphatic carbocycles. The van der Waals surface area contributed by atoms with Gasteiger partial charge in [0.2, 0.25) is 0 Å². The number of rotatable bonds is 5. The van der Waals surface area contributed by atoms with Gasteiger partial charge in [0, 0.05) is 12.2 Å². The minimum atomic E-state index is -0.546. The van der Waals surface area contributed by atoms with Crippen LogP contribution in [0.25, 0.3) is 0 Å². The first-order chi connectivity index (χ1) is 5.78. The van der Waals surface area contributed by atoms with E-state index in [1.54, 1.807) is 0 Å². The average Bonchev–Trinajstić information content (AvgIpc) is 1.99. The van der Waals surface area contributed by atoms with E-state index in [0.29, 0.717) is 6.54 Å². The van der Waals surface area contributed by atoms with Gasteiger partial charge in [0.1, 0.15) is 0 Å². The van der Waals surface area contributed by atoms with Gasteiger partial charge in [0.05, 0.1) is 5.54 Å². The molecule has 0 aliphatic rings. The van der Waals surface area contributed by atoms with Gasteiger partial charge in [-0.25, -0.2) is 0 Å². The Morgan fingerprint density at radius 1 is 1.31 bits per heavy atom. The van der Waals surface area contributed by atoms with Gasteiger partial charge in [-0.1, -0.05) is 30.9 Å². The Balaban J connectivity index is 4.26. The second-order valence-electron chi connectivity index (χ2n) is 3.77. The van der Waals surface area contributed by atoms with Crippen molar-refractivity contribution in [1.82, 2.24) is 5.32 Å². The Morgan fingerprint density at radius 2 is 1.77 bits per heavy atom. The number of nitrogens with two attached hydrogens (primary N) is 1. The fourth-order valence-corrected chi connectivity index (χ4v) is 0.699. The minimum Gasteiger partial charge on any atom is -0.383 e. The molecule has 2 nitrogen and oxygen atoms in total. The molecule has 0 radical (unpaired) electrons.